The van der Waals surface area contributed by atoms with Gasteiger partial charge in [-0.15, -0.1) is 0 Å². The second-order valence-corrected chi connectivity index (χ2v) is 5.21. The standard InChI is InChI=1S/C15H23N5/c1-5-13-8-14(20(4)19-13)9-15(18-16)12-6-10(2)17-11(3)7-12/h6-8,15,18H,5,9,16H2,1-4H3. The quantitative estimate of drug-likeness (QED) is 0.643. The SMILES string of the molecule is CCc1cc(CC(NN)c2cc(C)nc(C)c2)n(C)n1. The molecule has 2 rings (SSSR count). The third kappa shape index (κ3) is 3.23. The summed E-state index contributed by atoms with van der Waals surface area (Å²) in [5.41, 5.74) is 8.39. The molecule has 0 fully saturated rings. The molecular formula is C15H23N5. The summed E-state index contributed by atoms with van der Waals surface area (Å²) in [5, 5.41) is 4.48. The van der Waals surface area contributed by atoms with Gasteiger partial charge in [0.2, 0.25) is 0 Å². The van der Waals surface area contributed by atoms with Gasteiger partial charge in [-0.25, -0.2) is 0 Å². The smallest absolute Gasteiger partial charge is 0.0624 e. The van der Waals surface area contributed by atoms with Gasteiger partial charge >= 0.3 is 0 Å². The van der Waals surface area contributed by atoms with Crippen molar-refractivity contribution in [2.75, 3.05) is 0 Å². The van der Waals surface area contributed by atoms with Crippen molar-refractivity contribution in [3.63, 3.8) is 0 Å². The minimum absolute atomic E-state index is 0.0653. The number of hydrazine groups is 1. The minimum atomic E-state index is 0.0653. The van der Waals surface area contributed by atoms with Gasteiger partial charge in [0.1, 0.15) is 0 Å². The van der Waals surface area contributed by atoms with Crippen LogP contribution in [0.1, 0.15) is 41.3 Å². The molecule has 0 aliphatic rings. The molecule has 108 valence electrons. The lowest BCUT2D eigenvalue weighted by molar-refractivity contribution is 0.528. The highest BCUT2D eigenvalue weighted by molar-refractivity contribution is 5.25. The lowest BCUT2D eigenvalue weighted by Gasteiger charge is -2.17. The van der Waals surface area contributed by atoms with Crippen molar-refractivity contribution < 1.29 is 0 Å². The molecule has 5 heteroatoms. The average molecular weight is 273 g/mol. The summed E-state index contributed by atoms with van der Waals surface area (Å²) < 4.78 is 1.93. The van der Waals surface area contributed by atoms with Crippen LogP contribution in [0.25, 0.3) is 0 Å². The van der Waals surface area contributed by atoms with E-state index < -0.39 is 0 Å². The van der Waals surface area contributed by atoms with Crippen LogP contribution in [0.15, 0.2) is 18.2 Å². The number of nitrogens with one attached hydrogen (secondary N) is 1. The van der Waals surface area contributed by atoms with E-state index in [9.17, 15) is 0 Å². The van der Waals surface area contributed by atoms with Crippen molar-refractivity contribution in [1.82, 2.24) is 20.2 Å². The normalized spacial score (nSPS) is 12.7. The summed E-state index contributed by atoms with van der Waals surface area (Å²) >= 11 is 0. The van der Waals surface area contributed by atoms with Crippen LogP contribution in [-0.4, -0.2) is 14.8 Å². The second kappa shape index (κ2) is 6.15. The molecule has 1 atom stereocenters. The Morgan fingerprint density at radius 1 is 1.25 bits per heavy atom. The number of nitrogens with two attached hydrogens (primary N) is 1. The Labute approximate surface area is 120 Å². The van der Waals surface area contributed by atoms with E-state index in [0.29, 0.717) is 0 Å². The van der Waals surface area contributed by atoms with Crippen molar-refractivity contribution in [3.8, 4) is 0 Å². The van der Waals surface area contributed by atoms with Gasteiger partial charge in [-0.1, -0.05) is 6.92 Å². The monoisotopic (exact) mass is 273 g/mol. The Morgan fingerprint density at radius 3 is 2.40 bits per heavy atom. The first-order chi connectivity index (χ1) is 9.53. The molecule has 2 heterocycles. The molecular weight excluding hydrogens is 250 g/mol. The molecule has 0 saturated carbocycles. The third-order valence-corrected chi connectivity index (χ3v) is 3.51. The zero-order valence-corrected chi connectivity index (χ0v) is 12.6. The molecule has 0 saturated heterocycles. The maximum atomic E-state index is 5.74. The number of pyridine rings is 1. The van der Waals surface area contributed by atoms with Crippen LogP contribution < -0.4 is 11.3 Å². The van der Waals surface area contributed by atoms with Gasteiger partial charge in [-0.05, 0) is 44.0 Å². The van der Waals surface area contributed by atoms with Crippen LogP contribution in [0, 0.1) is 13.8 Å². The largest absolute Gasteiger partial charge is 0.272 e. The summed E-state index contributed by atoms with van der Waals surface area (Å²) in [6.07, 6.45) is 1.75. The zero-order chi connectivity index (χ0) is 14.7. The van der Waals surface area contributed by atoms with Gasteiger partial charge < -0.3 is 0 Å². The minimum Gasteiger partial charge on any atom is -0.272 e. The molecule has 1 unspecified atom stereocenters. The summed E-state index contributed by atoms with van der Waals surface area (Å²) in [6, 6.07) is 6.37. The van der Waals surface area contributed by atoms with Gasteiger partial charge in [0.25, 0.3) is 0 Å². The molecule has 5 nitrogen and oxygen atoms in total. The molecule has 0 bridgehead atoms. The third-order valence-electron chi connectivity index (χ3n) is 3.51. The van der Waals surface area contributed by atoms with Gasteiger partial charge in [-0.3, -0.25) is 20.9 Å². The molecule has 0 spiro atoms. The molecule has 0 amide bonds. The Bertz CT molecular complexity index is 568. The maximum Gasteiger partial charge on any atom is 0.0624 e. The second-order valence-electron chi connectivity index (χ2n) is 5.21. The fraction of sp³-hybridized carbons (Fsp3) is 0.467. The Morgan fingerprint density at radius 2 is 1.90 bits per heavy atom. The average Bonchev–Trinajstić information content (AvgIpc) is 2.75. The molecule has 0 radical (unpaired) electrons. The van der Waals surface area contributed by atoms with Gasteiger partial charge in [-0.2, -0.15) is 5.10 Å². The predicted octanol–water partition coefficient (Wildman–Crippen LogP) is 1.74. The van der Waals surface area contributed by atoms with Crippen LogP contribution in [0.5, 0.6) is 0 Å². The molecule has 2 aromatic rings. The molecule has 20 heavy (non-hydrogen) atoms. The summed E-state index contributed by atoms with van der Waals surface area (Å²) in [4.78, 5) is 4.41. The fourth-order valence-electron chi connectivity index (χ4n) is 2.49. The van der Waals surface area contributed by atoms with E-state index in [1.165, 1.54) is 5.69 Å². The fourth-order valence-corrected chi connectivity index (χ4v) is 2.49. The van der Waals surface area contributed by atoms with Crippen LogP contribution in [0.3, 0.4) is 0 Å². The van der Waals surface area contributed by atoms with Crippen LogP contribution >= 0.6 is 0 Å². The number of nitrogens with zero attached hydrogens (tertiary/aromatic N) is 3. The first-order valence-corrected chi connectivity index (χ1v) is 6.96. The van der Waals surface area contributed by atoms with Gasteiger partial charge in [0.05, 0.1) is 11.7 Å². The summed E-state index contributed by atoms with van der Waals surface area (Å²) in [6.45, 7) is 6.12. The Balaban J connectivity index is 2.25. The highest BCUT2D eigenvalue weighted by atomic mass is 15.3. The van der Waals surface area contributed by atoms with E-state index >= 15 is 0 Å². The molecule has 2 aromatic heterocycles. The van der Waals surface area contributed by atoms with Crippen molar-refractivity contribution in [3.05, 3.63) is 46.5 Å². The number of aromatic nitrogens is 3. The molecule has 0 aromatic carbocycles. The van der Waals surface area contributed by atoms with Crippen molar-refractivity contribution in [2.45, 2.75) is 39.7 Å². The van der Waals surface area contributed by atoms with Crippen LogP contribution in [0.4, 0.5) is 0 Å². The van der Waals surface area contributed by atoms with E-state index in [-0.39, 0.29) is 6.04 Å². The van der Waals surface area contributed by atoms with E-state index in [4.69, 9.17) is 5.84 Å². The summed E-state index contributed by atoms with van der Waals surface area (Å²) in [5.74, 6) is 5.74. The number of hydrogen-bond donors (Lipinski definition) is 2. The molecule has 0 aliphatic heterocycles. The molecule has 3 N–H and O–H groups in total. The van der Waals surface area contributed by atoms with E-state index in [1.54, 1.807) is 0 Å². The Kier molecular flexibility index (Phi) is 4.52. The lowest BCUT2D eigenvalue weighted by atomic mass is 10.0. The van der Waals surface area contributed by atoms with Crippen molar-refractivity contribution in [2.24, 2.45) is 12.9 Å². The zero-order valence-electron chi connectivity index (χ0n) is 12.6. The number of hydrogen-bond acceptors (Lipinski definition) is 4. The van der Waals surface area contributed by atoms with Gasteiger partial charge in [0, 0.05) is 30.6 Å². The van der Waals surface area contributed by atoms with Crippen LogP contribution in [-0.2, 0) is 19.9 Å². The van der Waals surface area contributed by atoms with Crippen molar-refractivity contribution in [1.29, 1.82) is 0 Å². The van der Waals surface area contributed by atoms with Crippen molar-refractivity contribution >= 4 is 0 Å². The molecule has 0 aliphatic carbocycles. The predicted molar refractivity (Wildman–Crippen MR) is 80.1 cm³/mol. The Hall–Kier alpha value is -1.72. The first-order valence-electron chi connectivity index (χ1n) is 6.96. The first kappa shape index (κ1) is 14.7. The maximum absolute atomic E-state index is 5.74. The van der Waals surface area contributed by atoms with E-state index in [0.717, 1.165) is 35.5 Å². The number of rotatable bonds is 5. The lowest BCUT2D eigenvalue weighted by Crippen LogP contribution is -2.30. The topological polar surface area (TPSA) is 68.8 Å². The van der Waals surface area contributed by atoms with E-state index in [2.05, 4.69) is 40.6 Å². The highest BCUT2D eigenvalue weighted by Gasteiger charge is 2.15. The van der Waals surface area contributed by atoms with E-state index in [1.807, 2.05) is 25.6 Å². The summed E-state index contributed by atoms with van der Waals surface area (Å²) in [7, 11) is 1.98. The highest BCUT2D eigenvalue weighted by Crippen LogP contribution is 2.19. The van der Waals surface area contributed by atoms with Crippen LogP contribution in [0.2, 0.25) is 0 Å². The number of aryl methyl sites for hydroxylation is 4. The van der Waals surface area contributed by atoms with Gasteiger partial charge in [0.15, 0.2) is 0 Å².